The number of guanidine groups is 1. The van der Waals surface area contributed by atoms with Crippen LogP contribution in [-0.4, -0.2) is 36.9 Å². The van der Waals surface area contributed by atoms with Gasteiger partial charge in [0.1, 0.15) is 0 Å². The summed E-state index contributed by atoms with van der Waals surface area (Å²) in [5.74, 6) is 0.502. The lowest BCUT2D eigenvalue weighted by molar-refractivity contribution is -0.130. The van der Waals surface area contributed by atoms with Crippen molar-refractivity contribution in [1.82, 2.24) is 10.2 Å². The molecule has 24 heavy (non-hydrogen) atoms. The average molecular weight is 397 g/mol. The molecule has 0 atom stereocenters. The molecule has 0 radical (unpaired) electrons. The highest BCUT2D eigenvalue weighted by atomic mass is 79.9. The monoisotopic (exact) mass is 396 g/mol. The molecule has 0 heterocycles. The van der Waals surface area contributed by atoms with E-state index in [1.54, 1.807) is 4.90 Å². The standard InChI is InChI=1S/C18H29BrN4O/c1-3-4-5-8-12-21-18(20)22-13-11-17(24)23(2)14-15-9-6-7-10-16(15)19/h6-7,9-10H,3-5,8,11-14H2,1-2H3,(H3,20,21,22). The number of hydrogen-bond donors (Lipinski definition) is 2. The van der Waals surface area contributed by atoms with Crippen LogP contribution >= 0.6 is 15.9 Å². The SMILES string of the molecule is CCCCCCN=C(N)NCCC(=O)N(C)Cc1ccccc1Br. The van der Waals surface area contributed by atoms with Crippen LogP contribution in [0.15, 0.2) is 33.7 Å². The molecule has 1 amide bonds. The van der Waals surface area contributed by atoms with Gasteiger partial charge >= 0.3 is 0 Å². The van der Waals surface area contributed by atoms with Gasteiger partial charge in [-0.3, -0.25) is 9.79 Å². The van der Waals surface area contributed by atoms with E-state index in [2.05, 4.69) is 33.2 Å². The van der Waals surface area contributed by atoms with E-state index in [1.807, 2.05) is 31.3 Å². The van der Waals surface area contributed by atoms with Gasteiger partial charge < -0.3 is 16.0 Å². The van der Waals surface area contributed by atoms with Crippen molar-refractivity contribution >= 4 is 27.8 Å². The van der Waals surface area contributed by atoms with E-state index in [1.165, 1.54) is 19.3 Å². The molecule has 0 aliphatic rings. The van der Waals surface area contributed by atoms with Crippen LogP contribution in [0.3, 0.4) is 0 Å². The Balaban J connectivity index is 2.25. The van der Waals surface area contributed by atoms with Gasteiger partial charge in [0.2, 0.25) is 5.91 Å². The second-order valence-corrected chi connectivity index (χ2v) is 6.70. The Hall–Kier alpha value is -1.56. The number of amides is 1. The number of carbonyl (C=O) groups is 1. The second-order valence-electron chi connectivity index (χ2n) is 5.85. The highest BCUT2D eigenvalue weighted by Crippen LogP contribution is 2.17. The summed E-state index contributed by atoms with van der Waals surface area (Å²) < 4.78 is 1.02. The van der Waals surface area contributed by atoms with E-state index < -0.39 is 0 Å². The quantitative estimate of drug-likeness (QED) is 0.362. The molecule has 134 valence electrons. The molecule has 1 aromatic carbocycles. The predicted molar refractivity (Wildman–Crippen MR) is 104 cm³/mol. The number of nitrogens with two attached hydrogens (primary N) is 1. The third-order valence-corrected chi connectivity index (χ3v) is 4.50. The molecule has 0 spiro atoms. The second kappa shape index (κ2) is 11.9. The maximum absolute atomic E-state index is 12.2. The van der Waals surface area contributed by atoms with E-state index in [0.717, 1.165) is 23.0 Å². The molecule has 0 bridgehead atoms. The normalized spacial score (nSPS) is 11.4. The molecular weight excluding hydrogens is 368 g/mol. The van der Waals surface area contributed by atoms with Crippen LogP contribution < -0.4 is 11.1 Å². The van der Waals surface area contributed by atoms with Gasteiger partial charge in [-0.15, -0.1) is 0 Å². The average Bonchev–Trinajstić information content (AvgIpc) is 2.56. The Morgan fingerprint density at radius 1 is 1.29 bits per heavy atom. The molecule has 3 N–H and O–H groups in total. The Labute approximate surface area is 153 Å². The molecule has 0 aliphatic heterocycles. The highest BCUT2D eigenvalue weighted by molar-refractivity contribution is 9.10. The minimum atomic E-state index is 0.0778. The summed E-state index contributed by atoms with van der Waals surface area (Å²) in [6, 6.07) is 7.92. The number of rotatable bonds is 10. The molecule has 0 saturated heterocycles. The van der Waals surface area contributed by atoms with E-state index in [9.17, 15) is 4.79 Å². The number of hydrogen-bond acceptors (Lipinski definition) is 2. The number of halogens is 1. The van der Waals surface area contributed by atoms with E-state index in [4.69, 9.17) is 5.73 Å². The first-order valence-electron chi connectivity index (χ1n) is 8.55. The van der Waals surface area contributed by atoms with E-state index >= 15 is 0 Å². The van der Waals surface area contributed by atoms with Crippen molar-refractivity contribution in [3.63, 3.8) is 0 Å². The molecule has 0 aliphatic carbocycles. The molecular formula is C18H29BrN4O. The van der Waals surface area contributed by atoms with Crippen LogP contribution in [0.25, 0.3) is 0 Å². The van der Waals surface area contributed by atoms with Gasteiger partial charge in [0.25, 0.3) is 0 Å². The molecule has 5 nitrogen and oxygen atoms in total. The first-order valence-corrected chi connectivity index (χ1v) is 9.35. The van der Waals surface area contributed by atoms with Crippen molar-refractivity contribution < 1.29 is 4.79 Å². The van der Waals surface area contributed by atoms with Gasteiger partial charge in [0, 0.05) is 37.6 Å². The summed E-state index contributed by atoms with van der Waals surface area (Å²) >= 11 is 3.50. The van der Waals surface area contributed by atoms with E-state index in [-0.39, 0.29) is 5.91 Å². The number of nitrogens with zero attached hydrogens (tertiary/aromatic N) is 2. The third kappa shape index (κ3) is 8.34. The van der Waals surface area contributed by atoms with Crippen molar-refractivity contribution in [2.45, 2.75) is 45.6 Å². The van der Waals surface area contributed by atoms with Crippen LogP contribution in [-0.2, 0) is 11.3 Å². The summed E-state index contributed by atoms with van der Waals surface area (Å²) in [5, 5.41) is 3.01. The largest absolute Gasteiger partial charge is 0.370 e. The van der Waals surface area contributed by atoms with Crippen molar-refractivity contribution in [2.75, 3.05) is 20.1 Å². The molecule has 6 heteroatoms. The summed E-state index contributed by atoms with van der Waals surface area (Å²) in [4.78, 5) is 18.2. The maximum atomic E-state index is 12.2. The fourth-order valence-electron chi connectivity index (χ4n) is 2.25. The Morgan fingerprint density at radius 2 is 2.04 bits per heavy atom. The lowest BCUT2D eigenvalue weighted by Gasteiger charge is -2.18. The fraction of sp³-hybridized carbons (Fsp3) is 0.556. The number of benzene rings is 1. The molecule has 0 fully saturated rings. The first-order chi connectivity index (χ1) is 11.5. The lowest BCUT2D eigenvalue weighted by Crippen LogP contribution is -2.36. The summed E-state index contributed by atoms with van der Waals surface area (Å²) in [7, 11) is 1.81. The van der Waals surface area contributed by atoms with Crippen molar-refractivity contribution in [3.05, 3.63) is 34.3 Å². The summed E-state index contributed by atoms with van der Waals surface area (Å²) in [5.41, 5.74) is 6.89. The zero-order valence-electron chi connectivity index (χ0n) is 14.7. The number of unbranched alkanes of at least 4 members (excludes halogenated alkanes) is 3. The van der Waals surface area contributed by atoms with Crippen LogP contribution in [0.1, 0.15) is 44.6 Å². The van der Waals surface area contributed by atoms with Crippen molar-refractivity contribution in [1.29, 1.82) is 0 Å². The zero-order chi connectivity index (χ0) is 17.8. The van der Waals surface area contributed by atoms with Gasteiger partial charge in [0.15, 0.2) is 5.96 Å². The highest BCUT2D eigenvalue weighted by Gasteiger charge is 2.10. The molecule has 0 aromatic heterocycles. The fourth-order valence-corrected chi connectivity index (χ4v) is 2.66. The van der Waals surface area contributed by atoms with Gasteiger partial charge in [-0.1, -0.05) is 60.3 Å². The van der Waals surface area contributed by atoms with Crippen molar-refractivity contribution in [3.8, 4) is 0 Å². The van der Waals surface area contributed by atoms with Crippen LogP contribution in [0, 0.1) is 0 Å². The number of carbonyl (C=O) groups excluding carboxylic acids is 1. The van der Waals surface area contributed by atoms with Gasteiger partial charge in [0.05, 0.1) is 0 Å². The summed E-state index contributed by atoms with van der Waals surface area (Å²) in [6.45, 7) is 4.02. The minimum Gasteiger partial charge on any atom is -0.370 e. The molecule has 1 rings (SSSR count). The molecule has 0 saturated carbocycles. The van der Waals surface area contributed by atoms with E-state index in [0.29, 0.717) is 25.5 Å². The van der Waals surface area contributed by atoms with Gasteiger partial charge in [-0.05, 0) is 18.1 Å². The van der Waals surface area contributed by atoms with Crippen LogP contribution in [0.4, 0.5) is 0 Å². The van der Waals surface area contributed by atoms with Gasteiger partial charge in [-0.25, -0.2) is 0 Å². The van der Waals surface area contributed by atoms with Crippen molar-refractivity contribution in [2.24, 2.45) is 10.7 Å². The minimum absolute atomic E-state index is 0.0778. The Bertz CT molecular complexity index is 534. The number of aliphatic imine (C=N–C) groups is 1. The molecule has 0 unspecified atom stereocenters. The predicted octanol–water partition coefficient (Wildman–Crippen LogP) is 3.28. The van der Waals surface area contributed by atoms with Gasteiger partial charge in [-0.2, -0.15) is 0 Å². The smallest absolute Gasteiger partial charge is 0.224 e. The maximum Gasteiger partial charge on any atom is 0.224 e. The number of nitrogens with one attached hydrogen (secondary N) is 1. The first kappa shape index (κ1) is 20.5. The third-order valence-electron chi connectivity index (χ3n) is 3.73. The topological polar surface area (TPSA) is 70.7 Å². The van der Waals surface area contributed by atoms with Crippen LogP contribution in [0.2, 0.25) is 0 Å². The molecule has 1 aromatic rings. The lowest BCUT2D eigenvalue weighted by atomic mass is 10.2. The zero-order valence-corrected chi connectivity index (χ0v) is 16.3. The Kier molecular flexibility index (Phi) is 10.2. The Morgan fingerprint density at radius 3 is 2.75 bits per heavy atom. The summed E-state index contributed by atoms with van der Waals surface area (Å²) in [6.07, 6.45) is 5.09. The van der Waals surface area contributed by atoms with Crippen LogP contribution in [0.5, 0.6) is 0 Å².